The molecule has 0 aliphatic carbocycles. The third kappa shape index (κ3) is 4.24. The van der Waals surface area contributed by atoms with E-state index in [9.17, 15) is 9.90 Å². The Morgan fingerprint density at radius 2 is 2.00 bits per heavy atom. The smallest absolute Gasteiger partial charge is 0.251 e. The van der Waals surface area contributed by atoms with Gasteiger partial charge >= 0.3 is 0 Å². The van der Waals surface area contributed by atoms with Crippen LogP contribution in [-0.2, 0) is 0 Å². The molecule has 4 heteroatoms. The first-order valence-electron chi connectivity index (χ1n) is 6.83. The molecule has 2 N–H and O–H groups in total. The Bertz CT molecular complexity index is 638. The molecular weight excluding hydrogens is 266 g/mol. The number of hydrogen-bond donors (Lipinski definition) is 2. The second-order valence-electron chi connectivity index (χ2n) is 4.92. The molecule has 0 bridgehead atoms. The molecule has 21 heavy (non-hydrogen) atoms. The Balaban J connectivity index is 1.80. The van der Waals surface area contributed by atoms with Crippen molar-refractivity contribution in [1.82, 2.24) is 5.32 Å². The largest absolute Gasteiger partial charge is 0.508 e. The van der Waals surface area contributed by atoms with Gasteiger partial charge in [0.05, 0.1) is 6.54 Å². The van der Waals surface area contributed by atoms with Crippen molar-refractivity contribution >= 4 is 5.91 Å². The zero-order chi connectivity index (χ0) is 15.2. The summed E-state index contributed by atoms with van der Waals surface area (Å²) in [6.07, 6.45) is 0. The van der Waals surface area contributed by atoms with Crippen molar-refractivity contribution in [1.29, 1.82) is 0 Å². The fourth-order valence-electron chi connectivity index (χ4n) is 1.89. The van der Waals surface area contributed by atoms with Crippen LogP contribution in [0.15, 0.2) is 42.5 Å². The van der Waals surface area contributed by atoms with Gasteiger partial charge in [-0.3, -0.25) is 4.79 Å². The molecule has 2 aromatic rings. The highest BCUT2D eigenvalue weighted by Crippen LogP contribution is 2.17. The second-order valence-corrected chi connectivity index (χ2v) is 4.92. The minimum atomic E-state index is -0.224. The molecule has 0 spiro atoms. The van der Waals surface area contributed by atoms with Gasteiger partial charge in [-0.25, -0.2) is 0 Å². The van der Waals surface area contributed by atoms with Crippen molar-refractivity contribution in [3.63, 3.8) is 0 Å². The molecule has 0 fully saturated rings. The highest BCUT2D eigenvalue weighted by Gasteiger charge is 2.07. The van der Waals surface area contributed by atoms with E-state index in [1.807, 2.05) is 31.2 Å². The summed E-state index contributed by atoms with van der Waals surface area (Å²) in [5.74, 6) is 0.689. The average molecular weight is 285 g/mol. The number of aromatic hydroxyl groups is 1. The molecular formula is C17H19NO3. The third-order valence-electron chi connectivity index (χ3n) is 3.12. The minimum absolute atomic E-state index is 0.124. The lowest BCUT2D eigenvalue weighted by molar-refractivity contribution is 0.0946. The Labute approximate surface area is 124 Å². The molecule has 4 nitrogen and oxygen atoms in total. The van der Waals surface area contributed by atoms with Gasteiger partial charge in [-0.2, -0.15) is 0 Å². The number of aryl methyl sites for hydroxylation is 2. The quantitative estimate of drug-likeness (QED) is 0.831. The normalized spacial score (nSPS) is 10.2. The Kier molecular flexibility index (Phi) is 4.82. The molecule has 0 atom stereocenters. The van der Waals surface area contributed by atoms with E-state index in [0.717, 1.165) is 16.9 Å². The number of benzene rings is 2. The average Bonchev–Trinajstić information content (AvgIpc) is 2.46. The molecule has 0 radical (unpaired) electrons. The predicted octanol–water partition coefficient (Wildman–Crippen LogP) is 2.82. The summed E-state index contributed by atoms with van der Waals surface area (Å²) in [6.45, 7) is 4.58. The Morgan fingerprint density at radius 1 is 1.19 bits per heavy atom. The lowest BCUT2D eigenvalue weighted by atomic mass is 10.1. The summed E-state index contributed by atoms with van der Waals surface area (Å²) in [4.78, 5) is 11.9. The summed E-state index contributed by atoms with van der Waals surface area (Å²) in [6, 6.07) is 12.6. The van der Waals surface area contributed by atoms with Gasteiger partial charge in [0.2, 0.25) is 0 Å². The summed E-state index contributed by atoms with van der Waals surface area (Å²) in [5, 5.41) is 12.3. The van der Waals surface area contributed by atoms with Crippen LogP contribution in [0.25, 0.3) is 0 Å². The van der Waals surface area contributed by atoms with E-state index in [0.29, 0.717) is 18.7 Å². The number of amides is 1. The van der Waals surface area contributed by atoms with Crippen LogP contribution in [-0.4, -0.2) is 24.2 Å². The zero-order valence-corrected chi connectivity index (χ0v) is 12.2. The van der Waals surface area contributed by atoms with Crippen LogP contribution in [0.3, 0.4) is 0 Å². The highest BCUT2D eigenvalue weighted by molar-refractivity contribution is 5.94. The van der Waals surface area contributed by atoms with Gasteiger partial charge in [0, 0.05) is 5.56 Å². The zero-order valence-electron chi connectivity index (χ0n) is 12.2. The lowest BCUT2D eigenvalue weighted by Gasteiger charge is -2.09. The van der Waals surface area contributed by atoms with Gasteiger partial charge in [-0.15, -0.1) is 0 Å². The SMILES string of the molecule is Cc1cccc(OCCNC(=O)c2ccc(C)c(O)c2)c1. The molecule has 0 aromatic heterocycles. The Morgan fingerprint density at radius 3 is 2.71 bits per heavy atom. The van der Waals surface area contributed by atoms with Gasteiger partial charge in [0.25, 0.3) is 5.91 Å². The molecule has 0 unspecified atom stereocenters. The summed E-state index contributed by atoms with van der Waals surface area (Å²) >= 11 is 0. The summed E-state index contributed by atoms with van der Waals surface area (Å²) in [5.41, 5.74) is 2.31. The second kappa shape index (κ2) is 6.79. The van der Waals surface area contributed by atoms with E-state index in [-0.39, 0.29) is 11.7 Å². The van der Waals surface area contributed by atoms with Crippen LogP contribution in [0, 0.1) is 13.8 Å². The van der Waals surface area contributed by atoms with Crippen LogP contribution in [0.2, 0.25) is 0 Å². The topological polar surface area (TPSA) is 58.6 Å². The molecule has 0 saturated heterocycles. The van der Waals surface area contributed by atoms with E-state index in [1.54, 1.807) is 19.1 Å². The maximum atomic E-state index is 11.9. The van der Waals surface area contributed by atoms with Crippen molar-refractivity contribution in [2.24, 2.45) is 0 Å². The third-order valence-corrected chi connectivity index (χ3v) is 3.12. The van der Waals surface area contributed by atoms with Gasteiger partial charge in [-0.1, -0.05) is 18.2 Å². The van der Waals surface area contributed by atoms with Gasteiger partial charge in [0.1, 0.15) is 18.1 Å². The molecule has 0 aliphatic heterocycles. The predicted molar refractivity (Wildman–Crippen MR) is 81.9 cm³/mol. The Hall–Kier alpha value is -2.49. The van der Waals surface area contributed by atoms with Crippen LogP contribution in [0.4, 0.5) is 0 Å². The molecule has 0 aliphatic rings. The van der Waals surface area contributed by atoms with Crippen molar-refractivity contribution in [3.8, 4) is 11.5 Å². The summed E-state index contributed by atoms with van der Waals surface area (Å²) < 4.78 is 5.55. The van der Waals surface area contributed by atoms with Crippen LogP contribution in [0.1, 0.15) is 21.5 Å². The van der Waals surface area contributed by atoms with Gasteiger partial charge in [-0.05, 0) is 49.2 Å². The van der Waals surface area contributed by atoms with Crippen molar-refractivity contribution in [2.45, 2.75) is 13.8 Å². The molecule has 2 rings (SSSR count). The first kappa shape index (κ1) is 14.9. The molecule has 110 valence electrons. The fourth-order valence-corrected chi connectivity index (χ4v) is 1.89. The number of hydrogen-bond acceptors (Lipinski definition) is 3. The van der Waals surface area contributed by atoms with E-state index in [4.69, 9.17) is 4.74 Å². The fraction of sp³-hybridized carbons (Fsp3) is 0.235. The van der Waals surface area contributed by atoms with E-state index in [2.05, 4.69) is 5.32 Å². The van der Waals surface area contributed by atoms with E-state index in [1.165, 1.54) is 6.07 Å². The first-order valence-corrected chi connectivity index (χ1v) is 6.83. The van der Waals surface area contributed by atoms with Crippen molar-refractivity contribution in [2.75, 3.05) is 13.2 Å². The maximum absolute atomic E-state index is 11.9. The molecule has 1 amide bonds. The van der Waals surface area contributed by atoms with Crippen molar-refractivity contribution < 1.29 is 14.6 Å². The number of ether oxygens (including phenoxy) is 1. The van der Waals surface area contributed by atoms with Crippen molar-refractivity contribution in [3.05, 3.63) is 59.2 Å². The highest BCUT2D eigenvalue weighted by atomic mass is 16.5. The monoisotopic (exact) mass is 285 g/mol. The first-order chi connectivity index (χ1) is 10.1. The van der Waals surface area contributed by atoms with Crippen LogP contribution < -0.4 is 10.1 Å². The minimum Gasteiger partial charge on any atom is -0.508 e. The number of carbonyl (C=O) groups is 1. The van der Waals surface area contributed by atoms with Crippen LogP contribution >= 0.6 is 0 Å². The number of nitrogens with one attached hydrogen (secondary N) is 1. The standard InChI is InChI=1S/C17H19NO3/c1-12-4-3-5-15(10-12)21-9-8-18-17(20)14-7-6-13(2)16(19)11-14/h3-7,10-11,19H,8-9H2,1-2H3,(H,18,20). The van der Waals surface area contributed by atoms with Gasteiger partial charge < -0.3 is 15.2 Å². The maximum Gasteiger partial charge on any atom is 0.251 e. The molecule has 2 aromatic carbocycles. The van der Waals surface area contributed by atoms with Crippen LogP contribution in [0.5, 0.6) is 11.5 Å². The number of carbonyl (C=O) groups excluding carboxylic acids is 1. The summed E-state index contributed by atoms with van der Waals surface area (Å²) in [7, 11) is 0. The van der Waals surface area contributed by atoms with E-state index < -0.39 is 0 Å². The number of phenolic OH excluding ortho intramolecular Hbond substituents is 1. The number of phenols is 1. The molecule has 0 saturated carbocycles. The van der Waals surface area contributed by atoms with E-state index >= 15 is 0 Å². The lowest BCUT2D eigenvalue weighted by Crippen LogP contribution is -2.28. The molecule has 0 heterocycles. The van der Waals surface area contributed by atoms with Gasteiger partial charge in [0.15, 0.2) is 0 Å². The number of rotatable bonds is 5.